The fourth-order valence-electron chi connectivity index (χ4n) is 1.91. The molecule has 19 heavy (non-hydrogen) atoms. The summed E-state index contributed by atoms with van der Waals surface area (Å²) in [6, 6.07) is 15.0. The molecule has 0 amide bonds. The zero-order valence-electron chi connectivity index (χ0n) is 11.0. The first kappa shape index (κ1) is 13.7. The van der Waals surface area contributed by atoms with Crippen LogP contribution in [-0.4, -0.2) is 7.05 Å². The van der Waals surface area contributed by atoms with Gasteiger partial charge in [-0.1, -0.05) is 36.4 Å². The quantitative estimate of drug-likeness (QED) is 0.859. The summed E-state index contributed by atoms with van der Waals surface area (Å²) < 4.78 is 19.2. The summed E-state index contributed by atoms with van der Waals surface area (Å²) in [6.45, 7) is 1.51. The van der Waals surface area contributed by atoms with Gasteiger partial charge in [0.25, 0.3) is 0 Å². The van der Waals surface area contributed by atoms with E-state index in [1.807, 2.05) is 43.4 Å². The molecule has 2 aromatic carbocycles. The van der Waals surface area contributed by atoms with Crippen LogP contribution in [0.15, 0.2) is 48.5 Å². The molecule has 0 saturated carbocycles. The summed E-state index contributed by atoms with van der Waals surface area (Å²) in [7, 11) is 1.87. The average molecular weight is 259 g/mol. The first-order chi connectivity index (χ1) is 9.29. The van der Waals surface area contributed by atoms with Gasteiger partial charge in [-0.15, -0.1) is 0 Å². The third-order valence-corrected chi connectivity index (χ3v) is 2.86. The minimum atomic E-state index is -0.215. The molecule has 2 rings (SSSR count). The van der Waals surface area contributed by atoms with Gasteiger partial charge in [-0.3, -0.25) is 0 Å². The molecule has 0 atom stereocenters. The summed E-state index contributed by atoms with van der Waals surface area (Å²) in [5, 5.41) is 3.05. The summed E-state index contributed by atoms with van der Waals surface area (Å²) in [4.78, 5) is 0. The summed E-state index contributed by atoms with van der Waals surface area (Å²) in [5.74, 6) is -0.215. The summed E-state index contributed by atoms with van der Waals surface area (Å²) in [6.07, 6.45) is 0. The van der Waals surface area contributed by atoms with Crippen molar-refractivity contribution in [3.63, 3.8) is 0 Å². The molecule has 0 aromatic heterocycles. The predicted molar refractivity (Wildman–Crippen MR) is 74.1 cm³/mol. The van der Waals surface area contributed by atoms with Crippen LogP contribution in [0.25, 0.3) is 0 Å². The van der Waals surface area contributed by atoms with Crippen LogP contribution in [-0.2, 0) is 24.5 Å². The molecule has 0 heterocycles. The second-order valence-electron chi connectivity index (χ2n) is 4.43. The molecule has 1 N–H and O–H groups in total. The lowest BCUT2D eigenvalue weighted by molar-refractivity contribution is 0.105. The largest absolute Gasteiger partial charge is 0.372 e. The highest BCUT2D eigenvalue weighted by atomic mass is 19.1. The van der Waals surface area contributed by atoms with Crippen LogP contribution in [0.5, 0.6) is 0 Å². The lowest BCUT2D eigenvalue weighted by Gasteiger charge is -2.08. The van der Waals surface area contributed by atoms with Crippen molar-refractivity contribution in [2.75, 3.05) is 7.05 Å². The van der Waals surface area contributed by atoms with Crippen molar-refractivity contribution in [1.29, 1.82) is 0 Å². The highest BCUT2D eigenvalue weighted by Crippen LogP contribution is 2.13. The van der Waals surface area contributed by atoms with Gasteiger partial charge in [0.2, 0.25) is 0 Å². The molecule has 0 aliphatic rings. The third kappa shape index (κ3) is 4.16. The van der Waals surface area contributed by atoms with Gasteiger partial charge in [-0.05, 0) is 30.3 Å². The first-order valence-corrected chi connectivity index (χ1v) is 6.33. The molecule has 3 heteroatoms. The van der Waals surface area contributed by atoms with Crippen LogP contribution < -0.4 is 5.32 Å². The van der Waals surface area contributed by atoms with Crippen LogP contribution in [0.1, 0.15) is 16.7 Å². The standard InChI is InChI=1S/C16H18FNO/c1-18-10-14-7-8-16(17)15(9-14)12-19-11-13-5-3-2-4-6-13/h2-9,18H,10-12H2,1H3. The molecule has 2 nitrogen and oxygen atoms in total. The first-order valence-electron chi connectivity index (χ1n) is 6.33. The van der Waals surface area contributed by atoms with Crippen molar-refractivity contribution >= 4 is 0 Å². The van der Waals surface area contributed by atoms with Crippen LogP contribution in [0.2, 0.25) is 0 Å². The molecule has 0 bridgehead atoms. The van der Waals surface area contributed by atoms with E-state index in [0.717, 1.165) is 17.7 Å². The normalized spacial score (nSPS) is 10.6. The van der Waals surface area contributed by atoms with E-state index in [2.05, 4.69) is 5.32 Å². The Balaban J connectivity index is 1.93. The Hall–Kier alpha value is -1.71. The van der Waals surface area contributed by atoms with Gasteiger partial charge in [-0.2, -0.15) is 0 Å². The van der Waals surface area contributed by atoms with E-state index < -0.39 is 0 Å². The van der Waals surface area contributed by atoms with Crippen LogP contribution >= 0.6 is 0 Å². The van der Waals surface area contributed by atoms with E-state index in [-0.39, 0.29) is 12.4 Å². The highest BCUT2D eigenvalue weighted by Gasteiger charge is 2.04. The van der Waals surface area contributed by atoms with E-state index in [1.54, 1.807) is 6.07 Å². The second-order valence-corrected chi connectivity index (χ2v) is 4.43. The molecule has 0 spiro atoms. The Labute approximate surface area is 113 Å². The van der Waals surface area contributed by atoms with Crippen LogP contribution in [0.3, 0.4) is 0 Å². The van der Waals surface area contributed by atoms with Crippen molar-refractivity contribution in [1.82, 2.24) is 5.32 Å². The number of ether oxygens (including phenoxy) is 1. The van der Waals surface area contributed by atoms with Crippen molar-refractivity contribution in [2.45, 2.75) is 19.8 Å². The monoisotopic (exact) mass is 259 g/mol. The minimum Gasteiger partial charge on any atom is -0.372 e. The van der Waals surface area contributed by atoms with Crippen LogP contribution in [0.4, 0.5) is 4.39 Å². The maximum Gasteiger partial charge on any atom is 0.128 e. The highest BCUT2D eigenvalue weighted by molar-refractivity contribution is 5.24. The number of halogens is 1. The number of rotatable bonds is 6. The second kappa shape index (κ2) is 7.02. The zero-order valence-corrected chi connectivity index (χ0v) is 11.0. The Kier molecular flexibility index (Phi) is 5.07. The zero-order chi connectivity index (χ0) is 13.5. The molecule has 2 aromatic rings. The molecule has 0 fully saturated rings. The van der Waals surface area contributed by atoms with Crippen molar-refractivity contribution in [3.05, 3.63) is 71.0 Å². The van der Waals surface area contributed by atoms with Gasteiger partial charge in [0.05, 0.1) is 13.2 Å². The van der Waals surface area contributed by atoms with Gasteiger partial charge >= 0.3 is 0 Å². The topological polar surface area (TPSA) is 21.3 Å². The van der Waals surface area contributed by atoms with Crippen molar-refractivity contribution < 1.29 is 9.13 Å². The van der Waals surface area contributed by atoms with Crippen molar-refractivity contribution in [3.8, 4) is 0 Å². The van der Waals surface area contributed by atoms with Gasteiger partial charge in [0, 0.05) is 12.1 Å². The van der Waals surface area contributed by atoms with Gasteiger partial charge in [0.1, 0.15) is 5.82 Å². The molecule has 0 unspecified atom stereocenters. The molecular formula is C16H18FNO. The van der Waals surface area contributed by atoms with E-state index in [0.29, 0.717) is 12.2 Å². The Morgan fingerprint density at radius 1 is 1.00 bits per heavy atom. The lowest BCUT2D eigenvalue weighted by atomic mass is 10.1. The van der Waals surface area contributed by atoms with E-state index in [1.165, 1.54) is 6.07 Å². The number of nitrogens with one attached hydrogen (secondary N) is 1. The minimum absolute atomic E-state index is 0.215. The molecular weight excluding hydrogens is 241 g/mol. The lowest BCUT2D eigenvalue weighted by Crippen LogP contribution is -2.06. The van der Waals surface area contributed by atoms with E-state index >= 15 is 0 Å². The van der Waals surface area contributed by atoms with E-state index in [4.69, 9.17) is 4.74 Å². The van der Waals surface area contributed by atoms with E-state index in [9.17, 15) is 4.39 Å². The molecule has 100 valence electrons. The molecule has 0 aliphatic carbocycles. The Bertz CT molecular complexity index is 513. The molecule has 0 radical (unpaired) electrons. The Morgan fingerprint density at radius 3 is 2.53 bits per heavy atom. The molecule has 0 saturated heterocycles. The number of hydrogen-bond acceptors (Lipinski definition) is 2. The average Bonchev–Trinajstić information content (AvgIpc) is 2.44. The maximum absolute atomic E-state index is 13.6. The number of benzene rings is 2. The van der Waals surface area contributed by atoms with Crippen LogP contribution in [0, 0.1) is 5.82 Å². The third-order valence-electron chi connectivity index (χ3n) is 2.86. The SMILES string of the molecule is CNCc1ccc(F)c(COCc2ccccc2)c1. The summed E-state index contributed by atoms with van der Waals surface area (Å²) in [5.41, 5.74) is 2.75. The van der Waals surface area contributed by atoms with Gasteiger partial charge < -0.3 is 10.1 Å². The fraction of sp³-hybridized carbons (Fsp3) is 0.250. The smallest absolute Gasteiger partial charge is 0.128 e. The summed E-state index contributed by atoms with van der Waals surface area (Å²) >= 11 is 0. The maximum atomic E-state index is 13.6. The van der Waals surface area contributed by atoms with Gasteiger partial charge in [0.15, 0.2) is 0 Å². The fourth-order valence-corrected chi connectivity index (χ4v) is 1.91. The number of hydrogen-bond donors (Lipinski definition) is 1. The molecule has 0 aliphatic heterocycles. The predicted octanol–water partition coefficient (Wildman–Crippen LogP) is 3.26. The van der Waals surface area contributed by atoms with Gasteiger partial charge in [-0.25, -0.2) is 4.39 Å². The van der Waals surface area contributed by atoms with Crippen molar-refractivity contribution in [2.24, 2.45) is 0 Å². The Morgan fingerprint density at radius 2 is 1.79 bits per heavy atom.